The number of esters is 1. The van der Waals surface area contributed by atoms with Crippen molar-refractivity contribution >= 4 is 23.6 Å². The van der Waals surface area contributed by atoms with Crippen molar-refractivity contribution in [2.24, 2.45) is 0 Å². The normalized spacial score (nSPS) is 18.2. The minimum Gasteiger partial charge on any atom is -0.452 e. The van der Waals surface area contributed by atoms with E-state index in [4.69, 9.17) is 4.74 Å². The number of amides is 1. The van der Waals surface area contributed by atoms with Crippen molar-refractivity contribution in [1.82, 2.24) is 5.32 Å². The van der Waals surface area contributed by atoms with Crippen LogP contribution in [0.2, 0.25) is 0 Å². The Kier molecular flexibility index (Phi) is 5.82. The van der Waals surface area contributed by atoms with E-state index < -0.39 is 6.10 Å². The predicted molar refractivity (Wildman–Crippen MR) is 95.1 cm³/mol. The second-order valence-corrected chi connectivity index (χ2v) is 7.74. The molecule has 0 heterocycles. The van der Waals surface area contributed by atoms with Gasteiger partial charge in [-0.2, -0.15) is 0 Å². The highest BCUT2D eigenvalue weighted by Gasteiger charge is 2.23. The van der Waals surface area contributed by atoms with Gasteiger partial charge in [-0.1, -0.05) is 18.9 Å². The molecule has 0 aliphatic heterocycles. The average molecular weight is 347 g/mol. The van der Waals surface area contributed by atoms with Crippen molar-refractivity contribution < 1.29 is 14.3 Å². The Hall–Kier alpha value is -1.49. The summed E-state index contributed by atoms with van der Waals surface area (Å²) in [5.41, 5.74) is 2.83. The van der Waals surface area contributed by atoms with Crippen LogP contribution in [0.15, 0.2) is 23.1 Å². The van der Waals surface area contributed by atoms with Crippen LogP contribution in [0, 0.1) is 0 Å². The number of hydrogen-bond acceptors (Lipinski definition) is 4. The molecule has 0 radical (unpaired) electrons. The van der Waals surface area contributed by atoms with Crippen molar-refractivity contribution in [3.8, 4) is 0 Å². The van der Waals surface area contributed by atoms with Gasteiger partial charge in [0.05, 0.1) is 5.75 Å². The van der Waals surface area contributed by atoms with Gasteiger partial charge < -0.3 is 10.1 Å². The molecule has 1 aromatic rings. The van der Waals surface area contributed by atoms with Crippen molar-refractivity contribution in [3.63, 3.8) is 0 Å². The monoisotopic (exact) mass is 347 g/mol. The third-order valence-electron chi connectivity index (χ3n) is 4.81. The molecular weight excluding hydrogens is 322 g/mol. The zero-order valence-electron chi connectivity index (χ0n) is 14.2. The topological polar surface area (TPSA) is 55.4 Å². The smallest absolute Gasteiger partial charge is 0.317 e. The average Bonchev–Trinajstić information content (AvgIpc) is 3.23. The molecule has 1 amide bonds. The Balaban J connectivity index is 1.42. The number of carbonyl (C=O) groups is 2. The van der Waals surface area contributed by atoms with Gasteiger partial charge in [-0.25, -0.2) is 0 Å². The number of fused-ring (bicyclic) bond motifs is 1. The second kappa shape index (κ2) is 8.06. The fourth-order valence-corrected chi connectivity index (χ4v) is 4.20. The summed E-state index contributed by atoms with van der Waals surface area (Å²) in [6, 6.07) is 6.65. The molecule has 3 rings (SSSR count). The molecule has 24 heavy (non-hydrogen) atoms. The van der Waals surface area contributed by atoms with Crippen molar-refractivity contribution in [2.45, 2.75) is 68.9 Å². The fraction of sp³-hybridized carbons (Fsp3) is 0.579. The number of ether oxygens (including phenoxy) is 1. The third-order valence-corrected chi connectivity index (χ3v) is 5.77. The first-order chi connectivity index (χ1) is 11.6. The van der Waals surface area contributed by atoms with Crippen LogP contribution in [0.25, 0.3) is 0 Å². The van der Waals surface area contributed by atoms with Crippen LogP contribution >= 0.6 is 11.8 Å². The largest absolute Gasteiger partial charge is 0.452 e. The van der Waals surface area contributed by atoms with E-state index >= 15 is 0 Å². The van der Waals surface area contributed by atoms with Crippen LogP contribution in [0.3, 0.4) is 0 Å². The lowest BCUT2D eigenvalue weighted by Crippen LogP contribution is -2.41. The molecule has 0 saturated heterocycles. The zero-order valence-corrected chi connectivity index (χ0v) is 15.0. The highest BCUT2D eigenvalue weighted by atomic mass is 32.2. The van der Waals surface area contributed by atoms with E-state index in [0.29, 0.717) is 0 Å². The van der Waals surface area contributed by atoms with E-state index in [1.54, 1.807) is 6.92 Å². The molecule has 5 heteroatoms. The van der Waals surface area contributed by atoms with Crippen LogP contribution in [0.1, 0.15) is 50.2 Å². The summed E-state index contributed by atoms with van der Waals surface area (Å²) in [4.78, 5) is 25.1. The number of hydrogen-bond donors (Lipinski definition) is 1. The van der Waals surface area contributed by atoms with Gasteiger partial charge in [-0.15, -0.1) is 11.8 Å². The summed E-state index contributed by atoms with van der Waals surface area (Å²) in [6.07, 6.45) is 7.18. The summed E-state index contributed by atoms with van der Waals surface area (Å²) in [6.45, 7) is 1.64. The van der Waals surface area contributed by atoms with Crippen LogP contribution in [0.5, 0.6) is 0 Å². The number of nitrogens with one attached hydrogen (secondary N) is 1. The quantitative estimate of drug-likeness (QED) is 0.634. The molecule has 4 nitrogen and oxygen atoms in total. The van der Waals surface area contributed by atoms with Crippen molar-refractivity contribution in [3.05, 3.63) is 29.3 Å². The highest BCUT2D eigenvalue weighted by Crippen LogP contribution is 2.27. The van der Waals surface area contributed by atoms with E-state index in [9.17, 15) is 9.59 Å². The fourth-order valence-electron chi connectivity index (χ4n) is 3.45. The molecular formula is C19H25NO3S. The number of rotatable bonds is 6. The van der Waals surface area contributed by atoms with Crippen molar-refractivity contribution in [1.29, 1.82) is 0 Å². The number of thioether (sulfide) groups is 1. The molecule has 1 N–H and O–H groups in total. The molecule has 1 atom stereocenters. The first kappa shape index (κ1) is 17.3. The van der Waals surface area contributed by atoms with E-state index in [2.05, 4.69) is 23.5 Å². The summed E-state index contributed by atoms with van der Waals surface area (Å²) in [5, 5.41) is 2.96. The molecule has 2 aliphatic carbocycles. The molecule has 0 unspecified atom stereocenters. The lowest BCUT2D eigenvalue weighted by molar-refractivity contribution is -0.152. The molecule has 1 aromatic carbocycles. The van der Waals surface area contributed by atoms with Gasteiger partial charge in [0.1, 0.15) is 0 Å². The van der Waals surface area contributed by atoms with Gasteiger partial charge in [-0.3, -0.25) is 9.59 Å². The van der Waals surface area contributed by atoms with Gasteiger partial charge in [0, 0.05) is 10.9 Å². The van der Waals surface area contributed by atoms with Gasteiger partial charge in [0.2, 0.25) is 0 Å². The lowest BCUT2D eigenvalue weighted by Gasteiger charge is -2.17. The van der Waals surface area contributed by atoms with Crippen LogP contribution in [-0.4, -0.2) is 29.8 Å². The predicted octanol–water partition coefficient (Wildman–Crippen LogP) is 3.26. The SMILES string of the molecule is C[C@H](OC(=O)CSc1ccc2c(c1)CCC2)C(=O)NC1CCCC1. The molecule has 0 bridgehead atoms. The maximum Gasteiger partial charge on any atom is 0.317 e. The number of carbonyl (C=O) groups excluding carboxylic acids is 2. The minimum absolute atomic E-state index is 0.183. The Morgan fingerprint density at radius 2 is 1.96 bits per heavy atom. The van der Waals surface area contributed by atoms with Crippen LogP contribution < -0.4 is 5.32 Å². The summed E-state index contributed by atoms with van der Waals surface area (Å²) >= 11 is 1.47. The molecule has 0 aromatic heterocycles. The minimum atomic E-state index is -0.723. The van der Waals surface area contributed by atoms with Crippen LogP contribution in [-0.2, 0) is 27.2 Å². The molecule has 0 spiro atoms. The molecule has 130 valence electrons. The maximum absolute atomic E-state index is 12.0. The summed E-state index contributed by atoms with van der Waals surface area (Å²) < 4.78 is 5.27. The maximum atomic E-state index is 12.0. The van der Waals surface area contributed by atoms with E-state index in [1.165, 1.54) is 29.3 Å². The van der Waals surface area contributed by atoms with E-state index in [1.807, 2.05) is 0 Å². The summed E-state index contributed by atoms with van der Waals surface area (Å²) in [5.74, 6) is -0.285. The van der Waals surface area contributed by atoms with Crippen LogP contribution in [0.4, 0.5) is 0 Å². The number of benzene rings is 1. The summed E-state index contributed by atoms with van der Waals surface area (Å²) in [7, 11) is 0. The molecule has 1 fully saturated rings. The van der Waals surface area contributed by atoms with Gasteiger partial charge in [-0.05, 0) is 62.3 Å². The van der Waals surface area contributed by atoms with E-state index in [-0.39, 0.29) is 23.7 Å². The van der Waals surface area contributed by atoms with Gasteiger partial charge in [0.25, 0.3) is 5.91 Å². The molecule has 2 aliphatic rings. The zero-order chi connectivity index (χ0) is 16.9. The highest BCUT2D eigenvalue weighted by molar-refractivity contribution is 8.00. The first-order valence-corrected chi connectivity index (χ1v) is 9.85. The standard InChI is InChI=1S/C19H25NO3S/c1-13(19(22)20-16-7-2-3-8-16)23-18(21)12-24-17-10-9-14-5-4-6-15(14)11-17/h9-11,13,16H,2-8,12H2,1H3,(H,20,22)/t13-/m0/s1. The Morgan fingerprint density at radius 3 is 2.75 bits per heavy atom. The Morgan fingerprint density at radius 1 is 1.21 bits per heavy atom. The second-order valence-electron chi connectivity index (χ2n) is 6.69. The first-order valence-electron chi connectivity index (χ1n) is 8.86. The Bertz CT molecular complexity index is 611. The third kappa shape index (κ3) is 4.53. The lowest BCUT2D eigenvalue weighted by atomic mass is 10.1. The molecule has 1 saturated carbocycles. The van der Waals surface area contributed by atoms with Gasteiger partial charge >= 0.3 is 5.97 Å². The Labute approximate surface area is 147 Å². The van der Waals surface area contributed by atoms with Crippen molar-refractivity contribution in [2.75, 3.05) is 5.75 Å². The van der Waals surface area contributed by atoms with Gasteiger partial charge in [0.15, 0.2) is 6.10 Å². The van der Waals surface area contributed by atoms with E-state index in [0.717, 1.165) is 43.4 Å². The number of aryl methyl sites for hydroxylation is 2.